The predicted octanol–water partition coefficient (Wildman–Crippen LogP) is 2.79. The molecular formula is C20H27N3O3S. The summed E-state index contributed by atoms with van der Waals surface area (Å²) >= 11 is 0. The molecule has 0 heterocycles. The second kappa shape index (κ2) is 9.01. The Bertz CT molecular complexity index is 893. The molecule has 0 aromatic heterocycles. The maximum absolute atomic E-state index is 12.4. The first kappa shape index (κ1) is 20.9. The van der Waals surface area contributed by atoms with E-state index in [1.807, 2.05) is 24.3 Å². The van der Waals surface area contributed by atoms with Crippen molar-refractivity contribution in [1.29, 1.82) is 0 Å². The Morgan fingerprint density at radius 2 is 1.67 bits per heavy atom. The van der Waals surface area contributed by atoms with Gasteiger partial charge in [-0.2, -0.15) is 0 Å². The maximum Gasteiger partial charge on any atom is 0.242 e. The van der Waals surface area contributed by atoms with Crippen LogP contribution in [0.4, 0.5) is 5.69 Å². The molecule has 0 radical (unpaired) electrons. The summed E-state index contributed by atoms with van der Waals surface area (Å²) in [6.45, 7) is 4.47. The molecule has 7 heteroatoms. The van der Waals surface area contributed by atoms with Gasteiger partial charge >= 0.3 is 0 Å². The molecule has 0 fully saturated rings. The topological polar surface area (TPSA) is 78.5 Å². The van der Waals surface area contributed by atoms with Crippen molar-refractivity contribution in [3.63, 3.8) is 0 Å². The maximum atomic E-state index is 12.4. The monoisotopic (exact) mass is 389 g/mol. The van der Waals surface area contributed by atoms with Gasteiger partial charge in [-0.3, -0.25) is 4.79 Å². The first-order valence-corrected chi connectivity index (χ1v) is 10.3. The fourth-order valence-corrected chi connectivity index (χ4v) is 3.81. The molecule has 2 rings (SSSR count). The van der Waals surface area contributed by atoms with Crippen molar-refractivity contribution in [2.24, 2.45) is 0 Å². The molecule has 0 saturated heterocycles. The van der Waals surface area contributed by atoms with Crippen molar-refractivity contribution in [2.45, 2.75) is 31.2 Å². The minimum absolute atomic E-state index is 0.117. The van der Waals surface area contributed by atoms with E-state index in [2.05, 4.69) is 24.5 Å². The number of nitrogens with one attached hydrogen (secondary N) is 2. The summed E-state index contributed by atoms with van der Waals surface area (Å²) in [5.74, 6) is 0.144. The Kier molecular flexibility index (Phi) is 6.98. The zero-order valence-electron chi connectivity index (χ0n) is 16.2. The highest BCUT2D eigenvalue weighted by atomic mass is 32.2. The van der Waals surface area contributed by atoms with E-state index in [0.29, 0.717) is 11.5 Å². The van der Waals surface area contributed by atoms with Crippen LogP contribution >= 0.6 is 0 Å². The zero-order chi connectivity index (χ0) is 20.0. The molecule has 6 nitrogen and oxygen atoms in total. The quantitative estimate of drug-likeness (QED) is 0.728. The minimum Gasteiger partial charge on any atom is -0.376 e. The second-order valence-electron chi connectivity index (χ2n) is 6.77. The zero-order valence-corrected chi connectivity index (χ0v) is 17.0. The van der Waals surface area contributed by atoms with Crippen LogP contribution in [-0.4, -0.2) is 39.3 Å². The summed E-state index contributed by atoms with van der Waals surface area (Å²) in [7, 11) is -0.586. The molecule has 0 unspecified atom stereocenters. The summed E-state index contributed by atoms with van der Waals surface area (Å²) in [6.07, 6.45) is 0. The number of carbonyl (C=O) groups excluding carboxylic acids is 1. The van der Waals surface area contributed by atoms with Crippen molar-refractivity contribution in [1.82, 2.24) is 9.62 Å². The Morgan fingerprint density at radius 1 is 1.04 bits per heavy atom. The van der Waals surface area contributed by atoms with E-state index >= 15 is 0 Å². The van der Waals surface area contributed by atoms with Crippen LogP contribution in [-0.2, 0) is 21.4 Å². The van der Waals surface area contributed by atoms with Gasteiger partial charge in [0.25, 0.3) is 0 Å². The molecule has 0 saturated carbocycles. The molecule has 0 spiro atoms. The van der Waals surface area contributed by atoms with Crippen molar-refractivity contribution >= 4 is 21.6 Å². The van der Waals surface area contributed by atoms with Gasteiger partial charge in [0, 0.05) is 26.3 Å². The van der Waals surface area contributed by atoms with E-state index in [4.69, 9.17) is 0 Å². The molecule has 2 aromatic carbocycles. The smallest absolute Gasteiger partial charge is 0.242 e. The summed E-state index contributed by atoms with van der Waals surface area (Å²) in [5.41, 5.74) is 2.63. The third-order valence-corrected chi connectivity index (χ3v) is 6.14. The third kappa shape index (κ3) is 5.30. The summed E-state index contributed by atoms with van der Waals surface area (Å²) in [4.78, 5) is 12.4. The van der Waals surface area contributed by atoms with Crippen LogP contribution in [0, 0.1) is 0 Å². The van der Waals surface area contributed by atoms with Crippen molar-refractivity contribution < 1.29 is 13.2 Å². The lowest BCUT2D eigenvalue weighted by Crippen LogP contribution is -2.31. The summed E-state index contributed by atoms with van der Waals surface area (Å²) in [6, 6.07) is 14.6. The highest BCUT2D eigenvalue weighted by Crippen LogP contribution is 2.23. The fraction of sp³-hybridized carbons (Fsp3) is 0.350. The van der Waals surface area contributed by atoms with Crippen molar-refractivity contribution in [3.05, 3.63) is 59.7 Å². The van der Waals surface area contributed by atoms with Crippen LogP contribution in [0.2, 0.25) is 0 Å². The Labute approximate surface area is 161 Å². The molecule has 2 aromatic rings. The number of rotatable bonds is 8. The highest BCUT2D eigenvalue weighted by molar-refractivity contribution is 7.89. The molecule has 0 atom stereocenters. The normalized spacial score (nSPS) is 11.6. The Hall–Kier alpha value is -2.38. The van der Waals surface area contributed by atoms with Crippen LogP contribution in [0.15, 0.2) is 53.4 Å². The van der Waals surface area contributed by atoms with Gasteiger partial charge in [0.15, 0.2) is 0 Å². The molecule has 0 bridgehead atoms. The SMILES string of the molecule is CC(C)c1ccccc1NCC(=O)NCc1ccccc1S(=O)(=O)N(C)C. The number of para-hydroxylation sites is 1. The fourth-order valence-electron chi connectivity index (χ4n) is 2.69. The first-order valence-electron chi connectivity index (χ1n) is 8.83. The number of amides is 1. The standard InChI is InChI=1S/C20H27N3O3S/c1-15(2)17-10-6-7-11-18(17)21-14-20(24)22-13-16-9-5-8-12-19(16)27(25,26)23(3)4/h5-12,15,21H,13-14H2,1-4H3,(H,22,24). The molecule has 0 aliphatic rings. The lowest BCUT2D eigenvalue weighted by molar-refractivity contribution is -0.119. The van der Waals surface area contributed by atoms with Crippen LogP contribution < -0.4 is 10.6 Å². The van der Waals surface area contributed by atoms with Crippen molar-refractivity contribution in [2.75, 3.05) is 26.0 Å². The molecule has 0 aliphatic heterocycles. The van der Waals surface area contributed by atoms with Gasteiger partial charge < -0.3 is 10.6 Å². The lowest BCUT2D eigenvalue weighted by atomic mass is 10.0. The van der Waals surface area contributed by atoms with E-state index < -0.39 is 10.0 Å². The van der Waals surface area contributed by atoms with Gasteiger partial charge in [-0.05, 0) is 29.2 Å². The number of hydrogen-bond acceptors (Lipinski definition) is 4. The predicted molar refractivity (Wildman–Crippen MR) is 108 cm³/mol. The van der Waals surface area contributed by atoms with Gasteiger partial charge in [0.05, 0.1) is 11.4 Å². The molecule has 1 amide bonds. The Morgan fingerprint density at radius 3 is 2.33 bits per heavy atom. The molecular weight excluding hydrogens is 362 g/mol. The highest BCUT2D eigenvalue weighted by Gasteiger charge is 2.20. The van der Waals surface area contributed by atoms with Gasteiger partial charge in [0.2, 0.25) is 15.9 Å². The number of nitrogens with zero attached hydrogens (tertiary/aromatic N) is 1. The lowest BCUT2D eigenvalue weighted by Gasteiger charge is -2.16. The molecule has 2 N–H and O–H groups in total. The molecule has 0 aliphatic carbocycles. The van der Waals surface area contributed by atoms with Gasteiger partial charge in [-0.1, -0.05) is 50.2 Å². The van der Waals surface area contributed by atoms with Gasteiger partial charge in [-0.25, -0.2) is 12.7 Å². The van der Waals surface area contributed by atoms with Gasteiger partial charge in [-0.15, -0.1) is 0 Å². The molecule has 146 valence electrons. The van der Waals surface area contributed by atoms with Crippen LogP contribution in [0.3, 0.4) is 0 Å². The minimum atomic E-state index is -3.56. The summed E-state index contributed by atoms with van der Waals surface area (Å²) in [5, 5.41) is 5.94. The second-order valence-corrected chi connectivity index (χ2v) is 8.89. The van der Waals surface area contributed by atoms with Crippen molar-refractivity contribution in [3.8, 4) is 0 Å². The number of hydrogen-bond donors (Lipinski definition) is 2. The number of carbonyl (C=O) groups is 1. The van der Waals surface area contributed by atoms with Crippen LogP contribution in [0.1, 0.15) is 30.9 Å². The largest absolute Gasteiger partial charge is 0.376 e. The van der Waals surface area contributed by atoms with Crippen LogP contribution in [0.25, 0.3) is 0 Å². The van der Waals surface area contributed by atoms with E-state index in [1.165, 1.54) is 14.1 Å². The summed E-state index contributed by atoms with van der Waals surface area (Å²) < 4.78 is 26.0. The Balaban J connectivity index is 2.02. The average molecular weight is 390 g/mol. The first-order chi connectivity index (χ1) is 12.7. The van der Waals surface area contributed by atoms with E-state index in [9.17, 15) is 13.2 Å². The average Bonchev–Trinajstić information content (AvgIpc) is 2.64. The number of anilines is 1. The van der Waals surface area contributed by atoms with Gasteiger partial charge in [0.1, 0.15) is 0 Å². The van der Waals surface area contributed by atoms with E-state index in [1.54, 1.807) is 24.3 Å². The van der Waals surface area contributed by atoms with E-state index in [0.717, 1.165) is 15.6 Å². The number of benzene rings is 2. The third-order valence-electron chi connectivity index (χ3n) is 4.23. The van der Waals surface area contributed by atoms with E-state index in [-0.39, 0.29) is 23.9 Å². The number of sulfonamides is 1. The van der Waals surface area contributed by atoms with Crippen LogP contribution in [0.5, 0.6) is 0 Å². The molecule has 27 heavy (non-hydrogen) atoms.